The number of hydrogen-bond donors (Lipinski definition) is 1. The number of hydrogen-bond acceptors (Lipinski definition) is 3. The van der Waals surface area contributed by atoms with E-state index in [0.717, 1.165) is 13.0 Å². The molecule has 1 saturated heterocycles. The number of nitrogens with zero attached hydrogens (tertiary/aromatic N) is 1. The van der Waals surface area contributed by atoms with Gasteiger partial charge in [-0.2, -0.15) is 0 Å². The van der Waals surface area contributed by atoms with Crippen molar-refractivity contribution in [2.45, 2.75) is 39.7 Å². The molecule has 1 rings (SSSR count). The molecular formula is C11H24N2O2S. The SMILES string of the molecule is CC1CCN(S(=O)(=O)CCCNC(C)C)C1. The van der Waals surface area contributed by atoms with E-state index in [1.165, 1.54) is 0 Å². The van der Waals surface area contributed by atoms with Gasteiger partial charge in [-0.15, -0.1) is 0 Å². The van der Waals surface area contributed by atoms with Crippen LogP contribution < -0.4 is 5.32 Å². The first-order valence-electron chi connectivity index (χ1n) is 6.13. The van der Waals surface area contributed by atoms with Gasteiger partial charge in [0.05, 0.1) is 5.75 Å². The van der Waals surface area contributed by atoms with Crippen LogP contribution in [0.2, 0.25) is 0 Å². The molecule has 1 unspecified atom stereocenters. The third kappa shape index (κ3) is 4.39. The molecule has 0 aromatic rings. The fraction of sp³-hybridized carbons (Fsp3) is 1.00. The quantitative estimate of drug-likeness (QED) is 0.715. The average molecular weight is 248 g/mol. The van der Waals surface area contributed by atoms with Crippen molar-refractivity contribution in [3.8, 4) is 0 Å². The van der Waals surface area contributed by atoms with Crippen LogP contribution in [0.1, 0.15) is 33.6 Å². The highest BCUT2D eigenvalue weighted by atomic mass is 32.2. The molecule has 16 heavy (non-hydrogen) atoms. The first-order chi connectivity index (χ1) is 7.42. The van der Waals surface area contributed by atoms with Gasteiger partial charge in [-0.1, -0.05) is 20.8 Å². The Morgan fingerprint density at radius 3 is 2.62 bits per heavy atom. The highest BCUT2D eigenvalue weighted by molar-refractivity contribution is 7.89. The summed E-state index contributed by atoms with van der Waals surface area (Å²) < 4.78 is 25.5. The predicted molar refractivity (Wildman–Crippen MR) is 66.9 cm³/mol. The zero-order valence-corrected chi connectivity index (χ0v) is 11.4. The van der Waals surface area contributed by atoms with E-state index in [1.807, 2.05) is 0 Å². The molecule has 0 aliphatic carbocycles. The van der Waals surface area contributed by atoms with E-state index in [-0.39, 0.29) is 5.75 Å². The molecule has 0 bridgehead atoms. The maximum absolute atomic E-state index is 11.9. The Balaban J connectivity index is 2.29. The van der Waals surface area contributed by atoms with Gasteiger partial charge < -0.3 is 5.32 Å². The molecule has 0 radical (unpaired) electrons. The van der Waals surface area contributed by atoms with E-state index in [0.29, 0.717) is 31.5 Å². The van der Waals surface area contributed by atoms with Crippen molar-refractivity contribution in [2.75, 3.05) is 25.4 Å². The van der Waals surface area contributed by atoms with Crippen LogP contribution >= 0.6 is 0 Å². The summed E-state index contributed by atoms with van der Waals surface area (Å²) in [5.41, 5.74) is 0. The lowest BCUT2D eigenvalue weighted by Gasteiger charge is -2.16. The topological polar surface area (TPSA) is 49.4 Å². The Morgan fingerprint density at radius 2 is 2.12 bits per heavy atom. The Kier molecular flexibility index (Phi) is 5.21. The molecule has 1 atom stereocenters. The van der Waals surface area contributed by atoms with E-state index in [9.17, 15) is 8.42 Å². The Labute approximate surface area is 99.5 Å². The van der Waals surface area contributed by atoms with Crippen molar-refractivity contribution in [3.05, 3.63) is 0 Å². The zero-order valence-electron chi connectivity index (χ0n) is 10.6. The molecule has 1 heterocycles. The lowest BCUT2D eigenvalue weighted by Crippen LogP contribution is -2.32. The van der Waals surface area contributed by atoms with Gasteiger partial charge in [0.1, 0.15) is 0 Å². The van der Waals surface area contributed by atoms with Crippen LogP contribution in [0, 0.1) is 5.92 Å². The summed E-state index contributed by atoms with van der Waals surface area (Å²) in [6, 6.07) is 0.425. The third-order valence-corrected chi connectivity index (χ3v) is 4.83. The lowest BCUT2D eigenvalue weighted by atomic mass is 10.2. The first kappa shape index (κ1) is 13.9. The van der Waals surface area contributed by atoms with Gasteiger partial charge >= 0.3 is 0 Å². The van der Waals surface area contributed by atoms with E-state index in [2.05, 4.69) is 26.1 Å². The van der Waals surface area contributed by atoms with Gasteiger partial charge in [-0.05, 0) is 25.3 Å². The Bertz CT molecular complexity index is 301. The second kappa shape index (κ2) is 5.98. The monoisotopic (exact) mass is 248 g/mol. The summed E-state index contributed by atoms with van der Waals surface area (Å²) in [5.74, 6) is 0.794. The summed E-state index contributed by atoms with van der Waals surface area (Å²) in [6.45, 7) is 8.44. The smallest absolute Gasteiger partial charge is 0.214 e. The molecule has 1 N–H and O–H groups in total. The third-order valence-electron chi connectivity index (χ3n) is 2.91. The highest BCUT2D eigenvalue weighted by Gasteiger charge is 2.28. The molecule has 5 heteroatoms. The average Bonchev–Trinajstić information content (AvgIpc) is 2.60. The highest BCUT2D eigenvalue weighted by Crippen LogP contribution is 2.18. The summed E-state index contributed by atoms with van der Waals surface area (Å²) >= 11 is 0. The van der Waals surface area contributed by atoms with Crippen molar-refractivity contribution in [2.24, 2.45) is 5.92 Å². The summed E-state index contributed by atoms with van der Waals surface area (Å²) in [7, 11) is -3.00. The van der Waals surface area contributed by atoms with Gasteiger partial charge in [0.2, 0.25) is 10.0 Å². The van der Waals surface area contributed by atoms with Crippen molar-refractivity contribution >= 4 is 10.0 Å². The lowest BCUT2D eigenvalue weighted by molar-refractivity contribution is 0.461. The molecule has 4 nitrogen and oxygen atoms in total. The predicted octanol–water partition coefficient (Wildman–Crippen LogP) is 1.05. The van der Waals surface area contributed by atoms with Crippen molar-refractivity contribution in [1.82, 2.24) is 9.62 Å². The van der Waals surface area contributed by atoms with Crippen LogP contribution in [-0.4, -0.2) is 44.2 Å². The summed E-state index contributed by atoms with van der Waals surface area (Å²) in [5, 5.41) is 3.23. The van der Waals surface area contributed by atoms with Crippen LogP contribution in [0.5, 0.6) is 0 Å². The minimum absolute atomic E-state index is 0.277. The first-order valence-corrected chi connectivity index (χ1v) is 7.74. The van der Waals surface area contributed by atoms with E-state index in [4.69, 9.17) is 0 Å². The maximum Gasteiger partial charge on any atom is 0.214 e. The standard InChI is InChI=1S/C11H24N2O2S/c1-10(2)12-6-4-8-16(14,15)13-7-5-11(3)9-13/h10-12H,4-9H2,1-3H3. The maximum atomic E-state index is 11.9. The fourth-order valence-electron chi connectivity index (χ4n) is 1.92. The molecule has 0 aromatic heterocycles. The molecule has 0 saturated carbocycles. The van der Waals surface area contributed by atoms with Crippen LogP contribution in [0.4, 0.5) is 0 Å². The van der Waals surface area contributed by atoms with E-state index < -0.39 is 10.0 Å². The summed E-state index contributed by atoms with van der Waals surface area (Å²) in [4.78, 5) is 0. The number of nitrogens with one attached hydrogen (secondary N) is 1. The molecule has 0 spiro atoms. The molecular weight excluding hydrogens is 224 g/mol. The van der Waals surface area contributed by atoms with Crippen molar-refractivity contribution in [1.29, 1.82) is 0 Å². The number of rotatable bonds is 6. The second-order valence-electron chi connectivity index (χ2n) is 5.03. The van der Waals surface area contributed by atoms with E-state index >= 15 is 0 Å². The van der Waals surface area contributed by atoms with E-state index in [1.54, 1.807) is 4.31 Å². The summed E-state index contributed by atoms with van der Waals surface area (Å²) in [6.07, 6.45) is 1.70. The molecule has 1 aliphatic heterocycles. The zero-order chi connectivity index (χ0) is 12.2. The van der Waals surface area contributed by atoms with Gasteiger partial charge in [0.25, 0.3) is 0 Å². The molecule has 1 aliphatic rings. The van der Waals surface area contributed by atoms with Crippen molar-refractivity contribution < 1.29 is 8.42 Å². The van der Waals surface area contributed by atoms with Gasteiger partial charge in [-0.25, -0.2) is 12.7 Å². The van der Waals surface area contributed by atoms with Crippen molar-refractivity contribution in [3.63, 3.8) is 0 Å². The second-order valence-corrected chi connectivity index (χ2v) is 7.12. The van der Waals surface area contributed by atoms with Crippen LogP contribution in [0.3, 0.4) is 0 Å². The minimum Gasteiger partial charge on any atom is -0.314 e. The normalized spacial score (nSPS) is 23.1. The van der Waals surface area contributed by atoms with Crippen LogP contribution in [-0.2, 0) is 10.0 Å². The molecule has 96 valence electrons. The van der Waals surface area contributed by atoms with Gasteiger partial charge in [-0.3, -0.25) is 0 Å². The fourth-order valence-corrected chi connectivity index (χ4v) is 3.55. The largest absolute Gasteiger partial charge is 0.314 e. The Hall–Kier alpha value is -0.130. The number of sulfonamides is 1. The molecule has 0 aromatic carbocycles. The van der Waals surface area contributed by atoms with Gasteiger partial charge in [0, 0.05) is 19.1 Å². The minimum atomic E-state index is -3.00. The van der Waals surface area contributed by atoms with Crippen LogP contribution in [0.15, 0.2) is 0 Å². The Morgan fingerprint density at radius 1 is 1.44 bits per heavy atom. The van der Waals surface area contributed by atoms with Gasteiger partial charge in [0.15, 0.2) is 0 Å². The van der Waals surface area contributed by atoms with Crippen LogP contribution in [0.25, 0.3) is 0 Å². The molecule has 0 amide bonds. The molecule has 1 fully saturated rings.